The van der Waals surface area contributed by atoms with Crippen molar-refractivity contribution in [2.45, 2.75) is 162 Å². The topological polar surface area (TPSA) is 186 Å². The molecule has 0 radical (unpaired) electrons. The van der Waals surface area contributed by atoms with Crippen molar-refractivity contribution in [3.63, 3.8) is 0 Å². The molecular formula is C36H63O11P. The van der Waals surface area contributed by atoms with E-state index in [0.717, 1.165) is 44.1 Å². The van der Waals surface area contributed by atoms with Gasteiger partial charge in [-0.15, -0.1) is 0 Å². The molecule has 1 heterocycles. The van der Waals surface area contributed by atoms with E-state index in [4.69, 9.17) is 9.47 Å². The maximum Gasteiger partial charge on any atom is 0.469 e. The third kappa shape index (κ3) is 6.44. The Morgan fingerprint density at radius 3 is 2.17 bits per heavy atom. The Morgan fingerprint density at radius 1 is 0.896 bits per heavy atom. The van der Waals surface area contributed by atoms with Crippen molar-refractivity contribution >= 4 is 7.82 Å². The first-order chi connectivity index (χ1) is 22.0. The number of hydrogen-bond acceptors (Lipinski definition) is 9. The van der Waals surface area contributed by atoms with Crippen LogP contribution in [0.3, 0.4) is 0 Å². The van der Waals surface area contributed by atoms with Crippen LogP contribution in [0.2, 0.25) is 0 Å². The number of aliphatic hydroxyl groups is 5. The summed E-state index contributed by atoms with van der Waals surface area (Å²) in [6.45, 7) is 17.0. The van der Waals surface area contributed by atoms with Gasteiger partial charge in [-0.25, -0.2) is 4.57 Å². The standard InChI is InChI=1S/C36H63O11P/c1-20(2)10-9-14-36(8,47-31-30(41)29(40)28(39)23(46-31)19-45-48(42,43)44)21-11-16-35(7)27(21)22(37)18-25-33(5)15-13-26(38)32(3,4)24(33)12-17-34(25,35)6/h10,21-31,37-41H,9,11-19H2,1-8H3,(H2,42,43,44)/t21?,22-,23-,24?,25?,26+,27?,28-,29+,30-,31+,33+,34-,35?,36+/m1/s1. The molecule has 48 heavy (non-hydrogen) atoms. The molecule has 0 bridgehead atoms. The van der Waals surface area contributed by atoms with Gasteiger partial charge in [0, 0.05) is 0 Å². The Balaban J connectivity index is 1.47. The van der Waals surface area contributed by atoms with E-state index >= 15 is 0 Å². The highest BCUT2D eigenvalue weighted by molar-refractivity contribution is 7.46. The minimum Gasteiger partial charge on any atom is -0.393 e. The first-order valence-corrected chi connectivity index (χ1v) is 19.6. The third-order valence-corrected chi connectivity index (χ3v) is 15.3. The second-order valence-electron chi connectivity index (χ2n) is 17.9. The quantitative estimate of drug-likeness (QED) is 0.133. The van der Waals surface area contributed by atoms with Gasteiger partial charge in [0.1, 0.15) is 24.4 Å². The summed E-state index contributed by atoms with van der Waals surface area (Å²) in [4.78, 5) is 18.5. The van der Waals surface area contributed by atoms with Crippen LogP contribution in [0.5, 0.6) is 0 Å². The van der Waals surface area contributed by atoms with E-state index in [2.05, 4.69) is 45.2 Å². The number of rotatable bonds is 9. The molecule has 1 aliphatic heterocycles. The molecule has 1 saturated heterocycles. The number of hydrogen-bond donors (Lipinski definition) is 7. The van der Waals surface area contributed by atoms with Crippen molar-refractivity contribution in [2.75, 3.05) is 6.61 Å². The molecule has 15 atom stereocenters. The molecule has 7 N–H and O–H groups in total. The van der Waals surface area contributed by atoms with Crippen molar-refractivity contribution in [1.82, 2.24) is 0 Å². The largest absolute Gasteiger partial charge is 0.469 e. The lowest BCUT2D eigenvalue weighted by atomic mass is 9.35. The molecular weight excluding hydrogens is 639 g/mol. The van der Waals surface area contributed by atoms with Gasteiger partial charge in [-0.05, 0) is 124 Å². The summed E-state index contributed by atoms with van der Waals surface area (Å²) in [5, 5.41) is 55.7. The molecule has 5 fully saturated rings. The van der Waals surface area contributed by atoms with E-state index in [1.807, 2.05) is 20.8 Å². The lowest BCUT2D eigenvalue weighted by Gasteiger charge is -2.70. The molecule has 5 rings (SSSR count). The van der Waals surface area contributed by atoms with Gasteiger partial charge in [0.2, 0.25) is 0 Å². The second-order valence-corrected chi connectivity index (χ2v) is 19.1. The van der Waals surface area contributed by atoms with E-state index in [0.29, 0.717) is 31.1 Å². The van der Waals surface area contributed by atoms with Gasteiger partial charge < -0.3 is 44.8 Å². The Bertz CT molecular complexity index is 1250. The minimum atomic E-state index is -4.89. The first kappa shape index (κ1) is 38.8. The number of fused-ring (bicyclic) bond motifs is 5. The van der Waals surface area contributed by atoms with Gasteiger partial charge in [0.25, 0.3) is 0 Å². The van der Waals surface area contributed by atoms with Gasteiger partial charge in [-0.2, -0.15) is 0 Å². The molecule has 4 saturated carbocycles. The number of ether oxygens (including phenoxy) is 2. The average Bonchev–Trinajstić information content (AvgIpc) is 3.36. The van der Waals surface area contributed by atoms with Gasteiger partial charge in [0.05, 0.1) is 24.4 Å². The average molecular weight is 703 g/mol. The summed E-state index contributed by atoms with van der Waals surface area (Å²) in [6, 6.07) is 0. The molecule has 0 aromatic heterocycles. The van der Waals surface area contributed by atoms with E-state index in [-0.39, 0.29) is 39.6 Å². The molecule has 278 valence electrons. The second kappa shape index (κ2) is 13.2. The van der Waals surface area contributed by atoms with Gasteiger partial charge in [-0.1, -0.05) is 46.3 Å². The molecule has 4 aliphatic carbocycles. The van der Waals surface area contributed by atoms with E-state index < -0.39 is 56.8 Å². The number of allylic oxidation sites excluding steroid dienone is 2. The van der Waals surface area contributed by atoms with Crippen LogP contribution in [0, 0.1) is 45.3 Å². The molecule has 0 amide bonds. The first-order valence-electron chi connectivity index (χ1n) is 18.1. The smallest absolute Gasteiger partial charge is 0.393 e. The highest BCUT2D eigenvalue weighted by atomic mass is 31.2. The van der Waals surface area contributed by atoms with Crippen molar-refractivity contribution in [1.29, 1.82) is 0 Å². The Morgan fingerprint density at radius 2 is 1.54 bits per heavy atom. The predicted molar refractivity (Wildman–Crippen MR) is 179 cm³/mol. The zero-order valence-electron chi connectivity index (χ0n) is 30.2. The van der Waals surface area contributed by atoms with Crippen LogP contribution in [-0.2, 0) is 18.6 Å². The molecule has 0 aromatic rings. The monoisotopic (exact) mass is 702 g/mol. The normalized spacial score (nSPS) is 48.5. The maximum absolute atomic E-state index is 12.3. The molecule has 0 spiro atoms. The summed E-state index contributed by atoms with van der Waals surface area (Å²) in [5.41, 5.74) is -0.250. The fraction of sp³-hybridized carbons (Fsp3) is 0.944. The fourth-order valence-corrected chi connectivity index (χ4v) is 12.3. The number of phosphoric ester groups is 1. The summed E-state index contributed by atoms with van der Waals surface area (Å²) < 4.78 is 28.6. The van der Waals surface area contributed by atoms with E-state index in [9.17, 15) is 39.9 Å². The van der Waals surface area contributed by atoms with Gasteiger partial charge >= 0.3 is 7.82 Å². The molecule has 5 unspecified atom stereocenters. The lowest BCUT2D eigenvalue weighted by Crippen LogP contribution is -2.67. The summed E-state index contributed by atoms with van der Waals surface area (Å²) in [6.07, 6.45) is 0.805. The predicted octanol–water partition coefficient (Wildman–Crippen LogP) is 4.44. The van der Waals surface area contributed by atoms with Crippen LogP contribution in [0.15, 0.2) is 11.6 Å². The van der Waals surface area contributed by atoms with E-state index in [1.54, 1.807) is 0 Å². The zero-order chi connectivity index (χ0) is 35.8. The van der Waals surface area contributed by atoms with Crippen LogP contribution in [0.25, 0.3) is 0 Å². The summed E-state index contributed by atoms with van der Waals surface area (Å²) in [7, 11) is -4.89. The van der Waals surface area contributed by atoms with Crippen LogP contribution in [0.1, 0.15) is 113 Å². The van der Waals surface area contributed by atoms with Crippen LogP contribution in [-0.4, -0.2) is 90.4 Å². The molecule has 0 aromatic carbocycles. The lowest BCUT2D eigenvalue weighted by molar-refractivity contribution is -0.335. The molecule has 12 heteroatoms. The number of aliphatic hydroxyl groups excluding tert-OH is 5. The van der Waals surface area contributed by atoms with Gasteiger partial charge in [-0.3, -0.25) is 4.52 Å². The third-order valence-electron chi connectivity index (χ3n) is 14.8. The SMILES string of the molecule is CC(C)=CCC[C@](C)(O[C@@H]1O[C@H](COP(=O)(O)O)[C@@H](O)[C@H](O)[C@H]1O)C1CCC2(C)C1[C@H](O)CC1[C@@]3(C)CC[C@H](O)C(C)(C)C3CC[C@]12C. The van der Waals surface area contributed by atoms with Crippen molar-refractivity contribution in [3.05, 3.63) is 11.6 Å². The Labute approximate surface area is 286 Å². The maximum atomic E-state index is 12.3. The van der Waals surface area contributed by atoms with Crippen molar-refractivity contribution in [2.24, 2.45) is 45.3 Å². The highest BCUT2D eigenvalue weighted by Crippen LogP contribution is 2.76. The summed E-state index contributed by atoms with van der Waals surface area (Å²) >= 11 is 0. The number of phosphoric acid groups is 1. The molecule has 5 aliphatic rings. The highest BCUT2D eigenvalue weighted by Gasteiger charge is 2.71. The van der Waals surface area contributed by atoms with Crippen LogP contribution < -0.4 is 0 Å². The van der Waals surface area contributed by atoms with Gasteiger partial charge in [0.15, 0.2) is 6.29 Å². The Kier molecular flexibility index (Phi) is 10.7. The van der Waals surface area contributed by atoms with Crippen molar-refractivity contribution in [3.8, 4) is 0 Å². The Hall–Kier alpha value is -0.430. The fourth-order valence-electron chi connectivity index (χ4n) is 12.0. The van der Waals surface area contributed by atoms with E-state index in [1.165, 1.54) is 0 Å². The van der Waals surface area contributed by atoms with Crippen molar-refractivity contribution < 1.29 is 53.9 Å². The van der Waals surface area contributed by atoms with Crippen LogP contribution in [0.4, 0.5) is 0 Å². The van der Waals surface area contributed by atoms with Crippen LogP contribution >= 0.6 is 7.82 Å². The minimum absolute atomic E-state index is 0.00671. The molecule has 11 nitrogen and oxygen atoms in total. The zero-order valence-corrected chi connectivity index (χ0v) is 31.1. The summed E-state index contributed by atoms with van der Waals surface area (Å²) in [5.74, 6) is 0.421.